The average molecular weight is 286 g/mol. The third-order valence-electron chi connectivity index (χ3n) is 2.74. The third-order valence-corrected chi connectivity index (χ3v) is 2.74. The van der Waals surface area contributed by atoms with Gasteiger partial charge in [0.05, 0.1) is 25.6 Å². The molecule has 0 aliphatic carbocycles. The molecule has 1 atom stereocenters. The molecule has 1 amide bonds. The number of rotatable bonds is 11. The maximum Gasteiger partial charge on any atom is 0.306 e. The number of hydrogen-bond acceptors (Lipinski definition) is 5. The molecule has 3 N–H and O–H groups in total. The normalized spacial score (nSPS) is 11.8. The molecule has 0 saturated carbocycles. The van der Waals surface area contributed by atoms with Gasteiger partial charge in [-0.15, -0.1) is 0 Å². The van der Waals surface area contributed by atoms with E-state index in [-0.39, 0.29) is 37.0 Å². The van der Waals surface area contributed by atoms with Gasteiger partial charge in [0, 0.05) is 6.42 Å². The van der Waals surface area contributed by atoms with Crippen molar-refractivity contribution in [3.63, 3.8) is 0 Å². The predicted molar refractivity (Wildman–Crippen MR) is 76.0 cm³/mol. The predicted octanol–water partition coefficient (Wildman–Crippen LogP) is 0.923. The number of esters is 1. The molecule has 6 heteroatoms. The molecular weight excluding hydrogens is 260 g/mol. The summed E-state index contributed by atoms with van der Waals surface area (Å²) in [5.41, 5.74) is 5.34. The van der Waals surface area contributed by atoms with Crippen molar-refractivity contribution in [1.82, 2.24) is 5.32 Å². The lowest BCUT2D eigenvalue weighted by atomic mass is 10.2. The molecule has 0 aliphatic rings. The Morgan fingerprint density at radius 3 is 2.45 bits per heavy atom. The van der Waals surface area contributed by atoms with Gasteiger partial charge in [0.25, 0.3) is 0 Å². The maximum absolute atomic E-state index is 11.4. The highest BCUT2D eigenvalue weighted by molar-refractivity contribution is 5.89. The van der Waals surface area contributed by atoms with Crippen molar-refractivity contribution in [2.24, 2.45) is 5.73 Å². The van der Waals surface area contributed by atoms with Crippen molar-refractivity contribution in [3.8, 4) is 0 Å². The van der Waals surface area contributed by atoms with E-state index in [0.717, 1.165) is 25.7 Å². The van der Waals surface area contributed by atoms with E-state index in [2.05, 4.69) is 12.2 Å². The summed E-state index contributed by atoms with van der Waals surface area (Å²) in [4.78, 5) is 33.9. The van der Waals surface area contributed by atoms with Gasteiger partial charge in [0.2, 0.25) is 5.91 Å². The summed E-state index contributed by atoms with van der Waals surface area (Å²) in [6.45, 7) is 3.97. The van der Waals surface area contributed by atoms with Crippen LogP contribution in [0.5, 0.6) is 0 Å². The maximum atomic E-state index is 11.4. The van der Waals surface area contributed by atoms with E-state index >= 15 is 0 Å². The van der Waals surface area contributed by atoms with E-state index in [4.69, 9.17) is 10.5 Å². The standard InChI is InChI=1S/C14H26N2O4/c1-3-4-5-6-9-20-13(18)8-7-12(17)10-16-14(19)11(2)15/h11H,3-10,15H2,1-2H3,(H,16,19)/t11-/m0/s1. The number of amides is 1. The van der Waals surface area contributed by atoms with E-state index in [1.54, 1.807) is 0 Å². The highest BCUT2D eigenvalue weighted by atomic mass is 16.5. The molecule has 0 aromatic rings. The average Bonchev–Trinajstić information content (AvgIpc) is 2.42. The van der Waals surface area contributed by atoms with Crippen LogP contribution in [-0.2, 0) is 19.1 Å². The zero-order valence-electron chi connectivity index (χ0n) is 12.4. The van der Waals surface area contributed by atoms with Gasteiger partial charge in [0.15, 0.2) is 5.78 Å². The minimum atomic E-state index is -0.643. The van der Waals surface area contributed by atoms with Crippen LogP contribution in [0.4, 0.5) is 0 Å². The second kappa shape index (κ2) is 11.4. The molecular formula is C14H26N2O4. The number of Topliss-reactive ketones (excluding diaryl/α,β-unsaturated/α-hetero) is 1. The van der Waals surface area contributed by atoms with Gasteiger partial charge in [0.1, 0.15) is 0 Å². The Hall–Kier alpha value is -1.43. The van der Waals surface area contributed by atoms with E-state index in [1.807, 2.05) is 0 Å². The highest BCUT2D eigenvalue weighted by Gasteiger charge is 2.11. The Bertz CT molecular complexity index is 316. The van der Waals surface area contributed by atoms with Crippen LogP contribution in [0.3, 0.4) is 0 Å². The first-order valence-electron chi connectivity index (χ1n) is 7.18. The van der Waals surface area contributed by atoms with Crippen LogP contribution in [-0.4, -0.2) is 36.9 Å². The number of ketones is 1. The van der Waals surface area contributed by atoms with Crippen molar-refractivity contribution in [1.29, 1.82) is 0 Å². The molecule has 0 aliphatic heterocycles. The zero-order chi connectivity index (χ0) is 15.4. The molecule has 0 unspecified atom stereocenters. The van der Waals surface area contributed by atoms with E-state index in [1.165, 1.54) is 6.92 Å². The van der Waals surface area contributed by atoms with Crippen molar-refractivity contribution in [2.45, 2.75) is 58.4 Å². The van der Waals surface area contributed by atoms with Gasteiger partial charge >= 0.3 is 5.97 Å². The lowest BCUT2D eigenvalue weighted by molar-refractivity contribution is -0.144. The van der Waals surface area contributed by atoms with Crippen molar-refractivity contribution in [2.75, 3.05) is 13.2 Å². The summed E-state index contributed by atoms with van der Waals surface area (Å²) in [6.07, 6.45) is 4.31. The van der Waals surface area contributed by atoms with Crippen molar-refractivity contribution < 1.29 is 19.1 Å². The summed E-state index contributed by atoms with van der Waals surface area (Å²) in [6, 6.07) is -0.643. The first-order chi connectivity index (χ1) is 9.47. The molecule has 6 nitrogen and oxygen atoms in total. The number of unbranched alkanes of at least 4 members (excludes halogenated alkanes) is 3. The monoisotopic (exact) mass is 286 g/mol. The summed E-state index contributed by atoms with van der Waals surface area (Å²) in [5, 5.41) is 2.41. The smallest absolute Gasteiger partial charge is 0.306 e. The SMILES string of the molecule is CCCCCCOC(=O)CCC(=O)CNC(=O)[C@H](C)N. The van der Waals surface area contributed by atoms with Crippen LogP contribution in [0.15, 0.2) is 0 Å². The van der Waals surface area contributed by atoms with Crippen LogP contribution >= 0.6 is 0 Å². The third kappa shape index (κ3) is 10.5. The number of ether oxygens (including phenoxy) is 1. The Balaban J connectivity index is 3.58. The quantitative estimate of drug-likeness (QED) is 0.435. The van der Waals surface area contributed by atoms with E-state index < -0.39 is 6.04 Å². The molecule has 0 rings (SSSR count). The zero-order valence-corrected chi connectivity index (χ0v) is 12.4. The number of nitrogens with two attached hydrogens (primary N) is 1. The Labute approximate surface area is 120 Å². The Morgan fingerprint density at radius 2 is 1.85 bits per heavy atom. The lowest BCUT2D eigenvalue weighted by Crippen LogP contribution is -2.40. The fourth-order valence-electron chi connectivity index (χ4n) is 1.46. The molecule has 0 bridgehead atoms. The molecule has 0 saturated heterocycles. The molecule has 20 heavy (non-hydrogen) atoms. The topological polar surface area (TPSA) is 98.5 Å². The molecule has 0 fully saturated rings. The van der Waals surface area contributed by atoms with Gasteiger partial charge in [-0.3, -0.25) is 14.4 Å². The lowest BCUT2D eigenvalue weighted by Gasteiger charge is -2.07. The molecule has 0 radical (unpaired) electrons. The molecule has 0 heterocycles. The number of hydrogen-bond donors (Lipinski definition) is 2. The molecule has 0 aromatic heterocycles. The number of carbonyl (C=O) groups excluding carboxylic acids is 3. The fraction of sp³-hybridized carbons (Fsp3) is 0.786. The van der Waals surface area contributed by atoms with Crippen molar-refractivity contribution >= 4 is 17.7 Å². The van der Waals surface area contributed by atoms with E-state index in [0.29, 0.717) is 6.61 Å². The summed E-state index contributed by atoms with van der Waals surface area (Å²) in [7, 11) is 0. The molecule has 0 aromatic carbocycles. The molecule has 116 valence electrons. The van der Waals surface area contributed by atoms with Crippen molar-refractivity contribution in [3.05, 3.63) is 0 Å². The first-order valence-corrected chi connectivity index (χ1v) is 7.18. The fourth-order valence-corrected chi connectivity index (χ4v) is 1.46. The van der Waals surface area contributed by atoms with Gasteiger partial charge < -0.3 is 15.8 Å². The van der Waals surface area contributed by atoms with E-state index in [9.17, 15) is 14.4 Å². The van der Waals surface area contributed by atoms with Gasteiger partial charge in [-0.05, 0) is 13.3 Å². The Morgan fingerprint density at radius 1 is 1.15 bits per heavy atom. The van der Waals surface area contributed by atoms with Crippen LogP contribution in [0.1, 0.15) is 52.4 Å². The van der Waals surface area contributed by atoms with Crippen LogP contribution in [0, 0.1) is 0 Å². The second-order valence-electron chi connectivity index (χ2n) is 4.83. The van der Waals surface area contributed by atoms with Gasteiger partial charge in [-0.25, -0.2) is 0 Å². The second-order valence-corrected chi connectivity index (χ2v) is 4.83. The van der Waals surface area contributed by atoms with Crippen LogP contribution in [0.2, 0.25) is 0 Å². The number of nitrogens with one attached hydrogen (secondary N) is 1. The van der Waals surface area contributed by atoms with Gasteiger partial charge in [-0.1, -0.05) is 26.2 Å². The summed E-state index contributed by atoms with van der Waals surface area (Å²) in [5.74, 6) is -0.952. The largest absolute Gasteiger partial charge is 0.466 e. The Kier molecular flexibility index (Phi) is 10.6. The van der Waals surface area contributed by atoms with Crippen LogP contribution in [0.25, 0.3) is 0 Å². The minimum absolute atomic E-state index is 0.0562. The van der Waals surface area contributed by atoms with Crippen LogP contribution < -0.4 is 11.1 Å². The van der Waals surface area contributed by atoms with Gasteiger partial charge in [-0.2, -0.15) is 0 Å². The minimum Gasteiger partial charge on any atom is -0.466 e. The summed E-state index contributed by atoms with van der Waals surface area (Å²) < 4.78 is 5.00. The summed E-state index contributed by atoms with van der Waals surface area (Å²) >= 11 is 0. The first kappa shape index (κ1) is 18.6. The molecule has 0 spiro atoms. The number of carbonyl (C=O) groups is 3. The highest BCUT2D eigenvalue weighted by Crippen LogP contribution is 2.01.